The van der Waals surface area contributed by atoms with Crippen LogP contribution in [0.4, 0.5) is 17.1 Å². The molecule has 0 heterocycles. The van der Waals surface area contributed by atoms with Gasteiger partial charge in [-0.15, -0.1) is 0 Å². The standard InChI is InChI=1S/C51H33N/c1-2-13-38(14-3-1)52(39-28-26-34(27-29-39)37-25-24-36-23-22-35-12-4-5-15-41(35)46(36)32-37)40-30-31-45-44-18-8-11-21-49(44)51(50(45)33-40)47-19-9-6-16-42(47)43-17-7-10-20-48(43)51/h1-33H. The lowest BCUT2D eigenvalue weighted by molar-refractivity contribution is 0.793. The van der Waals surface area contributed by atoms with Crippen LogP contribution in [0.25, 0.3) is 54.9 Å². The highest BCUT2D eigenvalue weighted by molar-refractivity contribution is 6.08. The van der Waals surface area contributed by atoms with Crippen molar-refractivity contribution in [3.8, 4) is 33.4 Å². The maximum absolute atomic E-state index is 2.46. The fourth-order valence-corrected chi connectivity index (χ4v) is 9.23. The van der Waals surface area contributed by atoms with E-state index in [9.17, 15) is 0 Å². The quantitative estimate of drug-likeness (QED) is 0.170. The molecule has 0 amide bonds. The minimum atomic E-state index is -0.387. The van der Waals surface area contributed by atoms with Crippen LogP contribution in [0, 0.1) is 0 Å². The summed E-state index contributed by atoms with van der Waals surface area (Å²) in [7, 11) is 0. The van der Waals surface area contributed by atoms with Gasteiger partial charge in [-0.3, -0.25) is 0 Å². The van der Waals surface area contributed by atoms with E-state index in [1.807, 2.05) is 0 Å². The van der Waals surface area contributed by atoms with Crippen LogP contribution in [0.2, 0.25) is 0 Å². The monoisotopic (exact) mass is 659 g/mol. The lowest BCUT2D eigenvalue weighted by atomic mass is 9.70. The fraction of sp³-hybridized carbons (Fsp3) is 0.0196. The largest absolute Gasteiger partial charge is 0.310 e. The molecule has 1 nitrogen and oxygen atoms in total. The Labute approximate surface area is 303 Å². The van der Waals surface area contributed by atoms with Gasteiger partial charge in [0.25, 0.3) is 0 Å². The summed E-state index contributed by atoms with van der Waals surface area (Å²) in [5.74, 6) is 0. The van der Waals surface area contributed by atoms with Gasteiger partial charge >= 0.3 is 0 Å². The van der Waals surface area contributed by atoms with Crippen LogP contribution >= 0.6 is 0 Å². The molecule has 0 fully saturated rings. The molecular weight excluding hydrogens is 627 g/mol. The minimum absolute atomic E-state index is 0.387. The predicted octanol–water partition coefficient (Wildman–Crippen LogP) is 13.5. The average Bonchev–Trinajstić information content (AvgIpc) is 3.69. The molecule has 0 radical (unpaired) electrons. The molecule has 2 aliphatic carbocycles. The molecule has 0 atom stereocenters. The van der Waals surface area contributed by atoms with Crippen LogP contribution in [0.1, 0.15) is 22.3 Å². The molecule has 9 aromatic carbocycles. The Hall–Kier alpha value is -6.70. The number of hydrogen-bond donors (Lipinski definition) is 0. The van der Waals surface area contributed by atoms with Crippen molar-refractivity contribution in [3.63, 3.8) is 0 Å². The highest BCUT2D eigenvalue weighted by atomic mass is 15.1. The Bertz CT molecular complexity index is 2780. The second-order valence-electron chi connectivity index (χ2n) is 14.1. The lowest BCUT2D eigenvalue weighted by Gasteiger charge is -2.32. The van der Waals surface area contributed by atoms with Gasteiger partial charge < -0.3 is 4.90 Å². The molecular formula is C51H33N. The number of fused-ring (bicyclic) bond motifs is 13. The van der Waals surface area contributed by atoms with Crippen molar-refractivity contribution in [1.82, 2.24) is 0 Å². The molecule has 0 aromatic heterocycles. The lowest BCUT2D eigenvalue weighted by Crippen LogP contribution is -2.26. The SMILES string of the molecule is c1ccc(N(c2ccc(-c3ccc4ccc5ccccc5c4c3)cc2)c2ccc3c(c2)C2(c4ccccc4-c4ccccc42)c2ccccc2-3)cc1. The van der Waals surface area contributed by atoms with E-state index in [0.29, 0.717) is 0 Å². The highest BCUT2D eigenvalue weighted by Crippen LogP contribution is 2.63. The first-order valence-corrected chi connectivity index (χ1v) is 18.1. The summed E-state index contributed by atoms with van der Waals surface area (Å²) in [5, 5.41) is 5.11. The van der Waals surface area contributed by atoms with Crippen LogP contribution in [-0.4, -0.2) is 0 Å². The van der Waals surface area contributed by atoms with Crippen molar-refractivity contribution in [2.45, 2.75) is 5.41 Å². The molecule has 0 bridgehead atoms. The summed E-state index contributed by atoms with van der Waals surface area (Å²) in [6, 6.07) is 74.0. The van der Waals surface area contributed by atoms with E-state index in [1.54, 1.807) is 0 Å². The molecule has 1 heteroatoms. The summed E-state index contributed by atoms with van der Waals surface area (Å²) in [6.45, 7) is 0. The van der Waals surface area contributed by atoms with Crippen molar-refractivity contribution in [2.75, 3.05) is 4.90 Å². The van der Waals surface area contributed by atoms with E-state index in [-0.39, 0.29) is 5.41 Å². The van der Waals surface area contributed by atoms with E-state index in [2.05, 4.69) is 205 Å². The highest BCUT2D eigenvalue weighted by Gasteiger charge is 2.51. The van der Waals surface area contributed by atoms with Gasteiger partial charge in [-0.1, -0.05) is 158 Å². The zero-order valence-corrected chi connectivity index (χ0v) is 28.5. The molecule has 0 saturated carbocycles. The van der Waals surface area contributed by atoms with Gasteiger partial charge in [0.05, 0.1) is 5.41 Å². The molecule has 242 valence electrons. The van der Waals surface area contributed by atoms with Crippen LogP contribution in [-0.2, 0) is 5.41 Å². The summed E-state index contributed by atoms with van der Waals surface area (Å²) >= 11 is 0. The first-order valence-electron chi connectivity index (χ1n) is 18.1. The van der Waals surface area contributed by atoms with E-state index < -0.39 is 0 Å². The van der Waals surface area contributed by atoms with Crippen molar-refractivity contribution in [3.05, 3.63) is 222 Å². The third kappa shape index (κ3) is 4.05. The Balaban J connectivity index is 1.08. The van der Waals surface area contributed by atoms with Gasteiger partial charge in [0, 0.05) is 17.1 Å². The zero-order valence-electron chi connectivity index (χ0n) is 28.5. The molecule has 1 spiro atoms. The fourth-order valence-electron chi connectivity index (χ4n) is 9.23. The molecule has 2 aliphatic rings. The topological polar surface area (TPSA) is 3.24 Å². The smallest absolute Gasteiger partial charge is 0.0726 e. The third-order valence-corrected chi connectivity index (χ3v) is 11.5. The second kappa shape index (κ2) is 11.2. The molecule has 0 unspecified atom stereocenters. The number of anilines is 3. The maximum atomic E-state index is 2.46. The minimum Gasteiger partial charge on any atom is -0.310 e. The molecule has 52 heavy (non-hydrogen) atoms. The van der Waals surface area contributed by atoms with E-state index in [1.165, 1.54) is 77.2 Å². The van der Waals surface area contributed by atoms with Crippen LogP contribution in [0.5, 0.6) is 0 Å². The first kappa shape index (κ1) is 29.1. The number of benzene rings is 9. The molecule has 9 aromatic rings. The zero-order chi connectivity index (χ0) is 34.2. The summed E-state index contributed by atoms with van der Waals surface area (Å²) in [4.78, 5) is 2.40. The van der Waals surface area contributed by atoms with Crippen LogP contribution in [0.15, 0.2) is 200 Å². The Morgan fingerprint density at radius 1 is 0.288 bits per heavy atom. The predicted molar refractivity (Wildman–Crippen MR) is 218 cm³/mol. The molecule has 0 saturated heterocycles. The number of hydrogen-bond acceptors (Lipinski definition) is 1. The summed E-state index contributed by atoms with van der Waals surface area (Å²) < 4.78 is 0. The van der Waals surface area contributed by atoms with Gasteiger partial charge in [-0.2, -0.15) is 0 Å². The Kier molecular flexibility index (Phi) is 6.23. The number of rotatable bonds is 4. The van der Waals surface area contributed by atoms with Gasteiger partial charge in [0.1, 0.15) is 0 Å². The van der Waals surface area contributed by atoms with Gasteiger partial charge in [-0.05, 0) is 120 Å². The van der Waals surface area contributed by atoms with Crippen molar-refractivity contribution in [1.29, 1.82) is 0 Å². The normalized spacial score (nSPS) is 13.2. The van der Waals surface area contributed by atoms with Gasteiger partial charge in [-0.25, -0.2) is 0 Å². The number of para-hydroxylation sites is 1. The van der Waals surface area contributed by atoms with Crippen LogP contribution < -0.4 is 4.90 Å². The Morgan fingerprint density at radius 3 is 1.44 bits per heavy atom. The van der Waals surface area contributed by atoms with Crippen LogP contribution in [0.3, 0.4) is 0 Å². The van der Waals surface area contributed by atoms with Crippen molar-refractivity contribution in [2.24, 2.45) is 0 Å². The molecule has 0 N–H and O–H groups in total. The maximum Gasteiger partial charge on any atom is 0.0726 e. The Morgan fingerprint density at radius 2 is 0.769 bits per heavy atom. The third-order valence-electron chi connectivity index (χ3n) is 11.5. The second-order valence-corrected chi connectivity index (χ2v) is 14.1. The summed E-state index contributed by atoms with van der Waals surface area (Å²) in [6.07, 6.45) is 0. The number of nitrogens with zero attached hydrogens (tertiary/aromatic N) is 1. The summed E-state index contributed by atoms with van der Waals surface area (Å²) in [5.41, 5.74) is 16.1. The van der Waals surface area contributed by atoms with Crippen molar-refractivity contribution >= 4 is 38.6 Å². The van der Waals surface area contributed by atoms with Crippen molar-refractivity contribution < 1.29 is 0 Å². The average molecular weight is 660 g/mol. The first-order chi connectivity index (χ1) is 25.8. The van der Waals surface area contributed by atoms with E-state index >= 15 is 0 Å². The molecule has 11 rings (SSSR count). The molecule has 0 aliphatic heterocycles. The van der Waals surface area contributed by atoms with Gasteiger partial charge in [0.2, 0.25) is 0 Å². The van der Waals surface area contributed by atoms with E-state index in [0.717, 1.165) is 17.1 Å². The van der Waals surface area contributed by atoms with Gasteiger partial charge in [0.15, 0.2) is 0 Å². The van der Waals surface area contributed by atoms with E-state index in [4.69, 9.17) is 0 Å².